The van der Waals surface area contributed by atoms with E-state index in [0.717, 1.165) is 6.42 Å². The number of rotatable bonds is 23. The van der Waals surface area contributed by atoms with Gasteiger partial charge >= 0.3 is 11.9 Å². The number of nitrogens with one attached hydrogen (secondary N) is 1. The standard InChI is InChI=1S/C22H40N2O9/c1-2-10-31-12-14-33-15-13-32-11-8-18(25)16-17(21(27)28)6-7-20(26)24-9-4-3-5-19(23)22(29)30/h17,19H,2-16,23H2,1H3,(H,24,26)(H,27,28)(H,29,30)/t17-,19+/m1/s1. The minimum absolute atomic E-state index is 0.00526. The van der Waals surface area contributed by atoms with E-state index in [9.17, 15) is 24.3 Å². The molecule has 1 amide bonds. The number of carbonyl (C=O) groups excluding carboxylic acids is 2. The molecule has 5 N–H and O–H groups in total. The molecule has 0 bridgehead atoms. The first-order chi connectivity index (χ1) is 15.8. The highest BCUT2D eigenvalue weighted by Gasteiger charge is 2.22. The third-order valence-electron chi connectivity index (χ3n) is 4.74. The molecule has 0 aromatic heterocycles. The Bertz CT molecular complexity index is 572. The lowest BCUT2D eigenvalue weighted by molar-refractivity contribution is -0.144. The van der Waals surface area contributed by atoms with E-state index in [1.165, 1.54) is 0 Å². The van der Waals surface area contributed by atoms with E-state index >= 15 is 0 Å². The summed E-state index contributed by atoms with van der Waals surface area (Å²) in [5.74, 6) is -3.63. The van der Waals surface area contributed by atoms with E-state index < -0.39 is 23.9 Å². The monoisotopic (exact) mass is 476 g/mol. The zero-order valence-corrected chi connectivity index (χ0v) is 19.6. The lowest BCUT2D eigenvalue weighted by atomic mass is 9.96. The Morgan fingerprint density at radius 3 is 2.00 bits per heavy atom. The molecule has 192 valence electrons. The molecule has 0 aliphatic carbocycles. The molecule has 11 nitrogen and oxygen atoms in total. The fourth-order valence-corrected chi connectivity index (χ4v) is 2.80. The summed E-state index contributed by atoms with van der Waals surface area (Å²) in [5.41, 5.74) is 5.40. The first kappa shape index (κ1) is 30.9. The summed E-state index contributed by atoms with van der Waals surface area (Å²) in [6.07, 6.45) is 2.42. The highest BCUT2D eigenvalue weighted by Crippen LogP contribution is 2.13. The summed E-state index contributed by atoms with van der Waals surface area (Å²) in [6, 6.07) is -0.913. The minimum atomic E-state index is -1.11. The van der Waals surface area contributed by atoms with Crippen LogP contribution in [0, 0.1) is 5.92 Å². The molecular weight excluding hydrogens is 436 g/mol. The third-order valence-corrected chi connectivity index (χ3v) is 4.74. The van der Waals surface area contributed by atoms with Gasteiger partial charge in [-0.2, -0.15) is 0 Å². The molecule has 0 aliphatic rings. The quantitative estimate of drug-likeness (QED) is 0.156. The summed E-state index contributed by atoms with van der Waals surface area (Å²) < 4.78 is 15.9. The molecule has 0 fully saturated rings. The van der Waals surface area contributed by atoms with E-state index in [0.29, 0.717) is 58.8 Å². The normalized spacial score (nSPS) is 12.8. The molecule has 0 spiro atoms. The molecule has 2 atom stereocenters. The van der Waals surface area contributed by atoms with Crippen LogP contribution in [0.5, 0.6) is 0 Å². The van der Waals surface area contributed by atoms with Crippen molar-refractivity contribution in [3.63, 3.8) is 0 Å². The van der Waals surface area contributed by atoms with Crippen molar-refractivity contribution in [3.05, 3.63) is 0 Å². The first-order valence-electron chi connectivity index (χ1n) is 11.5. The molecule has 33 heavy (non-hydrogen) atoms. The van der Waals surface area contributed by atoms with Crippen molar-refractivity contribution >= 4 is 23.6 Å². The maximum absolute atomic E-state index is 12.0. The smallest absolute Gasteiger partial charge is 0.320 e. The van der Waals surface area contributed by atoms with Crippen molar-refractivity contribution in [3.8, 4) is 0 Å². The van der Waals surface area contributed by atoms with Crippen molar-refractivity contribution in [2.45, 2.75) is 64.3 Å². The molecule has 11 heteroatoms. The van der Waals surface area contributed by atoms with E-state index in [2.05, 4.69) is 5.32 Å². The number of hydrogen-bond donors (Lipinski definition) is 4. The van der Waals surface area contributed by atoms with E-state index in [-0.39, 0.29) is 44.0 Å². The lowest BCUT2D eigenvalue weighted by Gasteiger charge is -2.12. The molecule has 0 aliphatic heterocycles. The number of ketones is 1. The number of amides is 1. The highest BCUT2D eigenvalue weighted by atomic mass is 16.5. The number of hydrogen-bond acceptors (Lipinski definition) is 8. The second kappa shape index (κ2) is 20.5. The molecule has 0 saturated carbocycles. The van der Waals surface area contributed by atoms with Gasteiger partial charge in [0.15, 0.2) is 0 Å². The Morgan fingerprint density at radius 2 is 1.42 bits per heavy atom. The molecule has 0 aromatic rings. The van der Waals surface area contributed by atoms with E-state index in [1.54, 1.807) is 0 Å². The summed E-state index contributed by atoms with van der Waals surface area (Å²) in [6.45, 7) is 5.02. The highest BCUT2D eigenvalue weighted by molar-refractivity contribution is 5.84. The van der Waals surface area contributed by atoms with E-state index in [1.807, 2.05) is 6.92 Å². The molecule has 0 unspecified atom stereocenters. The number of nitrogens with two attached hydrogens (primary N) is 1. The number of ether oxygens (including phenoxy) is 3. The zero-order chi connectivity index (χ0) is 24.9. The summed E-state index contributed by atoms with van der Waals surface area (Å²) in [4.78, 5) is 46.0. The Hall–Kier alpha value is -2.08. The van der Waals surface area contributed by atoms with Gasteiger partial charge < -0.3 is 35.5 Å². The molecule has 0 saturated heterocycles. The van der Waals surface area contributed by atoms with Gasteiger partial charge in [-0.05, 0) is 32.1 Å². The number of aliphatic carboxylic acids is 2. The van der Waals surface area contributed by atoms with Crippen LogP contribution in [0.1, 0.15) is 58.3 Å². The van der Waals surface area contributed by atoms with Crippen LogP contribution in [0.2, 0.25) is 0 Å². The van der Waals surface area contributed by atoms with Crippen LogP contribution in [0.3, 0.4) is 0 Å². The second-order valence-corrected chi connectivity index (χ2v) is 7.69. The van der Waals surface area contributed by atoms with Crippen LogP contribution >= 0.6 is 0 Å². The Balaban J connectivity index is 3.86. The fourth-order valence-electron chi connectivity index (χ4n) is 2.80. The van der Waals surface area contributed by atoms with Crippen LogP contribution in [-0.2, 0) is 33.4 Å². The molecule has 0 aromatic carbocycles. The van der Waals surface area contributed by atoms with E-state index in [4.69, 9.17) is 25.1 Å². The molecule has 0 heterocycles. The Morgan fingerprint density at radius 1 is 0.818 bits per heavy atom. The average molecular weight is 477 g/mol. The third kappa shape index (κ3) is 19.1. The predicted octanol–water partition coefficient (Wildman–Crippen LogP) is 0.975. The largest absolute Gasteiger partial charge is 0.481 e. The van der Waals surface area contributed by atoms with Crippen molar-refractivity contribution in [1.29, 1.82) is 0 Å². The van der Waals surface area contributed by atoms with Crippen molar-refractivity contribution in [2.75, 3.05) is 46.2 Å². The van der Waals surface area contributed by atoms with Crippen LogP contribution < -0.4 is 11.1 Å². The maximum Gasteiger partial charge on any atom is 0.320 e. The van der Waals surface area contributed by atoms with Gasteiger partial charge in [-0.1, -0.05) is 6.92 Å². The summed E-state index contributed by atoms with van der Waals surface area (Å²) in [7, 11) is 0. The Labute approximate surface area is 195 Å². The zero-order valence-electron chi connectivity index (χ0n) is 19.6. The van der Waals surface area contributed by atoms with Gasteiger partial charge in [-0.25, -0.2) is 0 Å². The van der Waals surface area contributed by atoms with Gasteiger partial charge in [0.1, 0.15) is 11.8 Å². The van der Waals surface area contributed by atoms with Crippen molar-refractivity contribution in [1.82, 2.24) is 5.32 Å². The lowest BCUT2D eigenvalue weighted by Crippen LogP contribution is -2.30. The Kier molecular flexibility index (Phi) is 19.2. The van der Waals surface area contributed by atoms with Crippen LogP contribution in [0.25, 0.3) is 0 Å². The summed E-state index contributed by atoms with van der Waals surface area (Å²) >= 11 is 0. The second-order valence-electron chi connectivity index (χ2n) is 7.69. The van der Waals surface area contributed by atoms with Crippen molar-refractivity contribution < 1.29 is 43.6 Å². The number of carboxylic acid groups (broad SMARTS) is 2. The average Bonchev–Trinajstić information content (AvgIpc) is 2.77. The maximum atomic E-state index is 12.0. The predicted molar refractivity (Wildman–Crippen MR) is 120 cm³/mol. The molecule has 0 radical (unpaired) electrons. The van der Waals surface area contributed by atoms with Gasteiger partial charge in [0.2, 0.25) is 5.91 Å². The van der Waals surface area contributed by atoms with Gasteiger partial charge in [-0.3, -0.25) is 19.2 Å². The van der Waals surface area contributed by atoms with Gasteiger partial charge in [0.25, 0.3) is 0 Å². The topological polar surface area (TPSA) is 174 Å². The SMILES string of the molecule is CCCOCCOCCOCCC(=O)C[C@@H](CCC(=O)NCCCC[C@H](N)C(=O)O)C(=O)O. The van der Waals surface area contributed by atoms with Gasteiger partial charge in [0, 0.05) is 32.4 Å². The number of carbonyl (C=O) groups is 4. The van der Waals surface area contributed by atoms with Gasteiger partial charge in [0.05, 0.1) is 39.0 Å². The molecule has 0 rings (SSSR count). The fraction of sp³-hybridized carbons (Fsp3) is 0.818. The van der Waals surface area contributed by atoms with Crippen LogP contribution in [0.4, 0.5) is 0 Å². The van der Waals surface area contributed by atoms with Crippen LogP contribution in [0.15, 0.2) is 0 Å². The van der Waals surface area contributed by atoms with Gasteiger partial charge in [-0.15, -0.1) is 0 Å². The molecular formula is C22H40N2O9. The number of Topliss-reactive ketones (excluding diaryl/α,β-unsaturated/α-hetero) is 1. The number of unbranched alkanes of at least 4 members (excludes halogenated alkanes) is 1. The van der Waals surface area contributed by atoms with Crippen LogP contribution in [-0.4, -0.2) is 86.1 Å². The summed E-state index contributed by atoms with van der Waals surface area (Å²) in [5, 5.41) is 20.7. The number of carboxylic acids is 2. The minimum Gasteiger partial charge on any atom is -0.481 e. The van der Waals surface area contributed by atoms with Crippen molar-refractivity contribution in [2.24, 2.45) is 11.7 Å². The first-order valence-corrected chi connectivity index (χ1v) is 11.5.